The summed E-state index contributed by atoms with van der Waals surface area (Å²) in [5, 5.41) is 68.4. The zero-order valence-corrected chi connectivity index (χ0v) is 47.4. The molecule has 19 atom stereocenters. The number of rotatable bonds is 16. The first-order valence-electron chi connectivity index (χ1n) is 27.4. The zero-order valence-electron chi connectivity index (χ0n) is 47.4. The predicted molar refractivity (Wildman–Crippen MR) is 280 cm³/mol. The lowest BCUT2D eigenvalue weighted by Gasteiger charge is -2.49. The number of aliphatic hydroxyl groups is 5. The fourth-order valence-electron chi connectivity index (χ4n) is 11.9. The number of carbonyl (C=O) groups excluding carboxylic acids is 3. The molecule has 4 fully saturated rings. The van der Waals surface area contributed by atoms with Gasteiger partial charge in [0.05, 0.1) is 60.3 Å². The highest BCUT2D eigenvalue weighted by Crippen LogP contribution is 2.40. The Balaban J connectivity index is 1.17. The number of aliphatic hydroxyl groups excluding tert-OH is 3. The van der Waals surface area contributed by atoms with Gasteiger partial charge in [0.25, 0.3) is 0 Å². The van der Waals surface area contributed by atoms with Gasteiger partial charge in [0.1, 0.15) is 36.1 Å². The molecular weight excluding hydrogens is 985 g/mol. The summed E-state index contributed by atoms with van der Waals surface area (Å²) < 4.78 is 45.6. The molecule has 2 aromatic rings. The standard InChI is InChI=1S/C55H90N6O15/c1-15-43-55(11,69)47(64)35(6)59(13)27-31(2)25-53(9,68)49(33(4)46(34(5)50(66)74-43)75-44-26-54(10,70-14)48(65)37(8)72-44)76-51-45(63)42(24-32(3)71-51)58(12)23-17-16-18-39-28-60(57-56-39)29-41-30-61(52(67)73-41)40-21-19-38(20-22-40)36(7)62/h19-22,28,31-35,37,41-49,51,63-65,68-69H,15-18,23-27,29-30H2,1-14H3/t31-,32-,33+,34-,35-,37+,41+,42+,43-,44+,45-,46+,47-,48+,49-,51?,53-,54-,55-/m1/s1. The maximum Gasteiger partial charge on any atom is 0.414 e. The van der Waals surface area contributed by atoms with Crippen LogP contribution in [0.15, 0.2) is 30.5 Å². The summed E-state index contributed by atoms with van der Waals surface area (Å²) in [6, 6.07) is 5.87. The quantitative estimate of drug-likeness (QED) is 0.0900. The van der Waals surface area contributed by atoms with Gasteiger partial charge < -0.3 is 68.5 Å². The molecule has 21 heteroatoms. The number of unbranched alkanes of at least 4 members (excludes halogenated alkanes) is 1. The molecule has 0 bridgehead atoms. The van der Waals surface area contributed by atoms with Crippen molar-refractivity contribution >= 4 is 23.5 Å². The summed E-state index contributed by atoms with van der Waals surface area (Å²) in [5.41, 5.74) is -2.54. The van der Waals surface area contributed by atoms with Crippen LogP contribution in [0.3, 0.4) is 0 Å². The number of likely N-dealkylation sites (N-methyl/N-ethyl adjacent to an activating group) is 2. The molecule has 0 spiro atoms. The number of esters is 1. The number of ether oxygens (including phenoxy) is 7. The van der Waals surface area contributed by atoms with Crippen molar-refractivity contribution in [3.63, 3.8) is 0 Å². The van der Waals surface area contributed by atoms with Crippen LogP contribution in [0.2, 0.25) is 0 Å². The molecule has 6 rings (SSSR count). The van der Waals surface area contributed by atoms with Crippen molar-refractivity contribution in [2.45, 2.75) is 224 Å². The van der Waals surface area contributed by atoms with Crippen LogP contribution >= 0.6 is 0 Å². The number of nitrogens with zero attached hydrogens (tertiary/aromatic N) is 6. The third kappa shape index (κ3) is 14.4. The number of aryl methyl sites for hydroxylation is 1. The lowest BCUT2D eigenvalue weighted by atomic mass is 9.77. The molecule has 4 aliphatic heterocycles. The summed E-state index contributed by atoms with van der Waals surface area (Å²) in [7, 11) is 5.29. The van der Waals surface area contributed by atoms with Gasteiger partial charge >= 0.3 is 12.1 Å². The van der Waals surface area contributed by atoms with E-state index in [4.69, 9.17) is 33.2 Å². The number of benzene rings is 1. The minimum absolute atomic E-state index is 0.0539. The monoisotopic (exact) mass is 1070 g/mol. The van der Waals surface area contributed by atoms with E-state index in [1.807, 2.05) is 46.0 Å². The smallest absolute Gasteiger partial charge is 0.414 e. The Morgan fingerprint density at radius 2 is 1.61 bits per heavy atom. The van der Waals surface area contributed by atoms with Crippen LogP contribution in [-0.2, 0) is 50.9 Å². The second-order valence-corrected chi connectivity index (χ2v) is 23.3. The van der Waals surface area contributed by atoms with E-state index in [1.54, 1.807) is 70.5 Å². The molecule has 4 aliphatic rings. The van der Waals surface area contributed by atoms with Gasteiger partial charge in [-0.25, -0.2) is 9.48 Å². The highest BCUT2D eigenvalue weighted by atomic mass is 16.7. The third-order valence-electron chi connectivity index (χ3n) is 16.7. The molecular formula is C55H90N6O15. The Kier molecular flexibility index (Phi) is 20.7. The second kappa shape index (κ2) is 25.6. The highest BCUT2D eigenvalue weighted by molar-refractivity contribution is 5.95. The van der Waals surface area contributed by atoms with Crippen LogP contribution < -0.4 is 4.90 Å². The van der Waals surface area contributed by atoms with Crippen molar-refractivity contribution in [2.75, 3.05) is 45.7 Å². The fourth-order valence-corrected chi connectivity index (χ4v) is 11.9. The Labute approximate surface area is 449 Å². The van der Waals surface area contributed by atoms with Crippen molar-refractivity contribution in [1.82, 2.24) is 24.8 Å². The molecule has 5 N–H and O–H groups in total. The van der Waals surface area contributed by atoms with Gasteiger partial charge in [-0.1, -0.05) is 26.0 Å². The van der Waals surface area contributed by atoms with Crippen LogP contribution in [0.5, 0.6) is 0 Å². The van der Waals surface area contributed by atoms with Crippen LogP contribution in [0.4, 0.5) is 10.5 Å². The van der Waals surface area contributed by atoms with Gasteiger partial charge in [0, 0.05) is 55.5 Å². The Morgan fingerprint density at radius 1 is 0.921 bits per heavy atom. The van der Waals surface area contributed by atoms with E-state index < -0.39 is 114 Å². The zero-order chi connectivity index (χ0) is 56.2. The Hall–Kier alpha value is -3.71. The van der Waals surface area contributed by atoms with Gasteiger partial charge in [-0.05, 0) is 145 Å². The van der Waals surface area contributed by atoms with Crippen LogP contribution in [0.1, 0.15) is 131 Å². The largest absolute Gasteiger partial charge is 0.459 e. The van der Waals surface area contributed by atoms with E-state index in [1.165, 1.54) is 25.9 Å². The maximum atomic E-state index is 14.5. The second-order valence-electron chi connectivity index (χ2n) is 23.3. The molecule has 4 saturated heterocycles. The number of Topliss-reactive ketones (excluding diaryl/α,β-unsaturated/α-hetero) is 1. The first-order valence-corrected chi connectivity index (χ1v) is 27.4. The van der Waals surface area contributed by atoms with E-state index in [0.29, 0.717) is 50.3 Å². The van der Waals surface area contributed by atoms with Gasteiger partial charge in [-0.2, -0.15) is 0 Å². The SMILES string of the molecule is CC[C@H]1OC(=O)[C@H](C)[C@@H](O[C@H]2C[C@@](C)(OC)[C@@H](O)[C@H](C)O2)[C@H](C)[C@@H](OC2O[C@H](C)C[C@H](N(C)CCCCc3cn(C[C@H]4CN(c5ccc(C(C)=O)cc5)C(=O)O4)nn3)[C@H]2O)[C@](C)(O)C[C@@H](C)CN(C)[C@H](C)[C@@H](O)[C@]1(C)O. The first-order chi connectivity index (χ1) is 35.6. The minimum atomic E-state index is -1.84. The molecule has 5 heterocycles. The number of carbonyl (C=O) groups is 3. The van der Waals surface area contributed by atoms with Gasteiger partial charge in [-0.15, -0.1) is 5.10 Å². The van der Waals surface area contributed by atoms with Gasteiger partial charge in [0.2, 0.25) is 0 Å². The lowest BCUT2D eigenvalue weighted by Crippen LogP contribution is -2.60. The van der Waals surface area contributed by atoms with E-state index >= 15 is 0 Å². The van der Waals surface area contributed by atoms with E-state index in [0.717, 1.165) is 18.5 Å². The third-order valence-corrected chi connectivity index (χ3v) is 16.7. The molecule has 0 radical (unpaired) electrons. The number of aromatic nitrogens is 3. The number of hydrogen-bond acceptors (Lipinski definition) is 19. The predicted octanol–water partition coefficient (Wildman–Crippen LogP) is 4.11. The summed E-state index contributed by atoms with van der Waals surface area (Å²) in [6.07, 6.45) is -5.93. The molecule has 430 valence electrons. The van der Waals surface area contributed by atoms with Gasteiger partial charge in [-0.3, -0.25) is 14.5 Å². The number of ketones is 1. The summed E-state index contributed by atoms with van der Waals surface area (Å²) in [5.74, 6) is -2.86. The van der Waals surface area contributed by atoms with Crippen LogP contribution in [0.25, 0.3) is 0 Å². The average Bonchev–Trinajstić information content (AvgIpc) is 3.98. The number of hydrogen-bond donors (Lipinski definition) is 5. The van der Waals surface area contributed by atoms with Crippen molar-refractivity contribution < 1.29 is 73.1 Å². The molecule has 1 unspecified atom stereocenters. The summed E-state index contributed by atoms with van der Waals surface area (Å²) >= 11 is 0. The first kappa shape index (κ1) is 61.5. The average molecular weight is 1080 g/mol. The molecule has 1 aromatic carbocycles. The Bertz CT molecular complexity index is 2220. The lowest BCUT2D eigenvalue weighted by molar-refractivity contribution is -0.318. The molecule has 0 aliphatic carbocycles. The summed E-state index contributed by atoms with van der Waals surface area (Å²) in [4.78, 5) is 44.5. The molecule has 1 amide bonds. The van der Waals surface area contributed by atoms with Gasteiger partial charge in [0.15, 0.2) is 18.4 Å². The van der Waals surface area contributed by atoms with Crippen LogP contribution in [-0.4, -0.2) is 205 Å². The van der Waals surface area contributed by atoms with Crippen molar-refractivity contribution in [1.29, 1.82) is 0 Å². The van der Waals surface area contributed by atoms with Crippen molar-refractivity contribution in [2.24, 2.45) is 17.8 Å². The van der Waals surface area contributed by atoms with Crippen molar-refractivity contribution in [3.05, 3.63) is 41.7 Å². The summed E-state index contributed by atoms with van der Waals surface area (Å²) in [6.45, 7) is 20.7. The molecule has 1 aromatic heterocycles. The molecule has 0 saturated carbocycles. The topological polar surface area (TPSA) is 257 Å². The number of cyclic esters (lactones) is 2. The Morgan fingerprint density at radius 3 is 2.25 bits per heavy atom. The number of anilines is 1. The fraction of sp³-hybridized carbons (Fsp3) is 0.800. The molecule has 21 nitrogen and oxygen atoms in total. The van der Waals surface area contributed by atoms with E-state index in [2.05, 4.69) is 15.2 Å². The number of methoxy groups -OCH3 is 1. The minimum Gasteiger partial charge on any atom is -0.459 e. The van der Waals surface area contributed by atoms with Crippen LogP contribution in [0, 0.1) is 17.8 Å². The molecule has 76 heavy (non-hydrogen) atoms. The van der Waals surface area contributed by atoms with E-state index in [9.17, 15) is 39.9 Å². The number of amides is 1. The van der Waals surface area contributed by atoms with E-state index in [-0.39, 0.29) is 37.1 Å². The maximum absolute atomic E-state index is 14.5. The van der Waals surface area contributed by atoms with Crippen molar-refractivity contribution in [3.8, 4) is 0 Å². The normalized spacial score (nSPS) is 39.6. The highest BCUT2D eigenvalue weighted by Gasteiger charge is 2.53.